The van der Waals surface area contributed by atoms with E-state index in [-0.39, 0.29) is 11.9 Å². The molecule has 1 aromatic carbocycles. The highest BCUT2D eigenvalue weighted by Crippen LogP contribution is 2.23. The van der Waals surface area contributed by atoms with E-state index in [9.17, 15) is 4.79 Å². The molecule has 0 bridgehead atoms. The highest BCUT2D eigenvalue weighted by Gasteiger charge is 2.12. The number of nitrogens with one attached hydrogen (secondary N) is 2. The van der Waals surface area contributed by atoms with Crippen molar-refractivity contribution in [1.29, 1.82) is 0 Å². The van der Waals surface area contributed by atoms with Crippen LogP contribution in [0.1, 0.15) is 25.0 Å². The van der Waals surface area contributed by atoms with Gasteiger partial charge in [-0.1, -0.05) is 6.07 Å². The normalized spacial score (nSPS) is 10.2. The van der Waals surface area contributed by atoms with Crippen molar-refractivity contribution in [2.75, 3.05) is 23.8 Å². The summed E-state index contributed by atoms with van der Waals surface area (Å²) in [4.78, 5) is 20.4. The molecule has 0 unspecified atom stereocenters. The molecule has 0 aliphatic rings. The van der Waals surface area contributed by atoms with Crippen LogP contribution in [0.15, 0.2) is 24.4 Å². The molecule has 2 rings (SSSR count). The molecule has 1 aromatic heterocycles. The lowest BCUT2D eigenvalue weighted by atomic mass is 10.1. The number of urea groups is 1. The number of hydrogen-bond acceptors (Lipinski definition) is 5. The van der Waals surface area contributed by atoms with Gasteiger partial charge in [-0.15, -0.1) is 0 Å². The fourth-order valence-electron chi connectivity index (χ4n) is 1.99. The van der Waals surface area contributed by atoms with Gasteiger partial charge in [0.2, 0.25) is 5.88 Å². The van der Waals surface area contributed by atoms with Crippen LogP contribution in [0, 0.1) is 13.8 Å². The van der Waals surface area contributed by atoms with Crippen molar-refractivity contribution in [3.8, 4) is 11.9 Å². The zero-order chi connectivity index (χ0) is 17.5. The Bertz CT molecular complexity index is 719. The molecule has 0 saturated heterocycles. The highest BCUT2D eigenvalue weighted by atomic mass is 16.5. The lowest BCUT2D eigenvalue weighted by Crippen LogP contribution is -2.20. The van der Waals surface area contributed by atoms with Crippen molar-refractivity contribution in [2.45, 2.75) is 27.7 Å². The molecule has 7 heteroatoms. The van der Waals surface area contributed by atoms with E-state index < -0.39 is 6.03 Å². The second-order valence-electron chi connectivity index (χ2n) is 5.12. The number of aryl methyl sites for hydroxylation is 2. The van der Waals surface area contributed by atoms with Gasteiger partial charge < -0.3 is 20.1 Å². The first-order chi connectivity index (χ1) is 11.5. The molecule has 0 aliphatic heterocycles. The zero-order valence-electron chi connectivity index (χ0n) is 14.3. The number of carbonyl (C=O) groups is 1. The number of nitrogens with zero attached hydrogens (tertiary/aromatic N) is 2. The van der Waals surface area contributed by atoms with E-state index in [1.54, 1.807) is 0 Å². The fourth-order valence-corrected chi connectivity index (χ4v) is 1.99. The van der Waals surface area contributed by atoms with Crippen LogP contribution < -0.4 is 20.1 Å². The Balaban J connectivity index is 2.10. The maximum absolute atomic E-state index is 12.2. The van der Waals surface area contributed by atoms with Crippen molar-refractivity contribution in [3.63, 3.8) is 0 Å². The largest absolute Gasteiger partial charge is 0.476 e. The van der Waals surface area contributed by atoms with Gasteiger partial charge in [-0.25, -0.2) is 9.78 Å². The molecule has 128 valence electrons. The van der Waals surface area contributed by atoms with Crippen LogP contribution >= 0.6 is 0 Å². The van der Waals surface area contributed by atoms with Crippen LogP contribution in [0.4, 0.5) is 16.2 Å². The Hall–Kier alpha value is -2.83. The zero-order valence-corrected chi connectivity index (χ0v) is 14.3. The molecular weight excluding hydrogens is 308 g/mol. The Morgan fingerprint density at radius 3 is 2.50 bits per heavy atom. The molecular formula is C17H22N4O3. The molecule has 0 radical (unpaired) electrons. The molecule has 0 atom stereocenters. The summed E-state index contributed by atoms with van der Waals surface area (Å²) >= 11 is 0. The average Bonchev–Trinajstić information content (AvgIpc) is 2.54. The number of ether oxygens (including phenoxy) is 2. The number of amides is 2. The van der Waals surface area contributed by atoms with E-state index in [2.05, 4.69) is 20.6 Å². The maximum Gasteiger partial charge on any atom is 0.323 e. The van der Waals surface area contributed by atoms with Crippen LogP contribution in [-0.2, 0) is 0 Å². The van der Waals surface area contributed by atoms with Gasteiger partial charge in [-0.05, 0) is 51.0 Å². The Morgan fingerprint density at radius 1 is 1.08 bits per heavy atom. The molecule has 0 fully saturated rings. The molecule has 24 heavy (non-hydrogen) atoms. The third kappa shape index (κ3) is 4.58. The molecule has 2 amide bonds. The maximum atomic E-state index is 12.2. The second kappa shape index (κ2) is 8.14. The first-order valence-electron chi connectivity index (χ1n) is 7.81. The molecule has 2 aromatic rings. The summed E-state index contributed by atoms with van der Waals surface area (Å²) in [6, 6.07) is 5.52. The van der Waals surface area contributed by atoms with Gasteiger partial charge in [-0.3, -0.25) is 0 Å². The summed E-state index contributed by atoms with van der Waals surface area (Å²) in [5, 5.41) is 5.47. The standard InChI is InChI=1S/C17H22N4O3/c1-5-23-15-14(10-18-17(21-15)24-6-2)20-16(22)19-13-8-7-11(3)12(4)9-13/h7-10H,5-6H2,1-4H3,(H2,19,20,22). The number of rotatable bonds is 6. The van der Waals surface area contributed by atoms with E-state index in [0.717, 1.165) is 5.56 Å². The SMILES string of the molecule is CCOc1ncc(NC(=O)Nc2ccc(C)c(C)c2)c(OCC)n1. The summed E-state index contributed by atoms with van der Waals surface area (Å²) in [5.74, 6) is 0.270. The summed E-state index contributed by atoms with van der Waals surface area (Å²) in [6.07, 6.45) is 1.46. The Morgan fingerprint density at radius 2 is 1.83 bits per heavy atom. The van der Waals surface area contributed by atoms with Crippen LogP contribution in [0.2, 0.25) is 0 Å². The van der Waals surface area contributed by atoms with Gasteiger partial charge in [0.05, 0.1) is 19.4 Å². The minimum atomic E-state index is -0.396. The lowest BCUT2D eigenvalue weighted by molar-refractivity contribution is 0.261. The van der Waals surface area contributed by atoms with Crippen molar-refractivity contribution >= 4 is 17.4 Å². The van der Waals surface area contributed by atoms with Crippen LogP contribution in [-0.4, -0.2) is 29.2 Å². The molecule has 0 saturated carbocycles. The molecule has 1 heterocycles. The predicted molar refractivity (Wildman–Crippen MR) is 92.9 cm³/mol. The number of hydrogen-bond donors (Lipinski definition) is 2. The summed E-state index contributed by atoms with van der Waals surface area (Å²) in [5.41, 5.74) is 3.36. The van der Waals surface area contributed by atoms with Crippen molar-refractivity contribution < 1.29 is 14.3 Å². The predicted octanol–water partition coefficient (Wildman–Crippen LogP) is 3.53. The Labute approximate surface area is 141 Å². The number of aromatic nitrogens is 2. The van der Waals surface area contributed by atoms with Gasteiger partial charge in [0, 0.05) is 5.69 Å². The first-order valence-corrected chi connectivity index (χ1v) is 7.81. The number of benzene rings is 1. The number of carbonyl (C=O) groups excluding carboxylic acids is 1. The van der Waals surface area contributed by atoms with E-state index in [0.29, 0.717) is 24.6 Å². The first kappa shape index (κ1) is 17.5. The third-order valence-electron chi connectivity index (χ3n) is 3.30. The summed E-state index contributed by atoms with van der Waals surface area (Å²) in [6.45, 7) is 8.55. The molecule has 0 spiro atoms. The molecule has 0 aliphatic carbocycles. The van der Waals surface area contributed by atoms with Gasteiger partial charge >= 0.3 is 12.0 Å². The van der Waals surface area contributed by atoms with Crippen LogP contribution in [0.3, 0.4) is 0 Å². The monoisotopic (exact) mass is 330 g/mol. The summed E-state index contributed by atoms with van der Waals surface area (Å²) < 4.78 is 10.7. The van der Waals surface area contributed by atoms with Crippen LogP contribution in [0.5, 0.6) is 11.9 Å². The van der Waals surface area contributed by atoms with Gasteiger partial charge in [0.1, 0.15) is 5.69 Å². The van der Waals surface area contributed by atoms with Crippen molar-refractivity contribution in [3.05, 3.63) is 35.5 Å². The minimum absolute atomic E-state index is 0.209. The van der Waals surface area contributed by atoms with Gasteiger partial charge in [0.15, 0.2) is 0 Å². The average molecular weight is 330 g/mol. The van der Waals surface area contributed by atoms with Gasteiger partial charge in [-0.2, -0.15) is 4.98 Å². The van der Waals surface area contributed by atoms with Gasteiger partial charge in [0.25, 0.3) is 0 Å². The molecule has 2 N–H and O–H groups in total. The topological polar surface area (TPSA) is 85.4 Å². The number of anilines is 2. The van der Waals surface area contributed by atoms with E-state index in [4.69, 9.17) is 9.47 Å². The van der Waals surface area contributed by atoms with Crippen molar-refractivity contribution in [2.24, 2.45) is 0 Å². The van der Waals surface area contributed by atoms with E-state index in [1.165, 1.54) is 11.8 Å². The smallest absolute Gasteiger partial charge is 0.323 e. The fraction of sp³-hybridized carbons (Fsp3) is 0.353. The minimum Gasteiger partial charge on any atom is -0.476 e. The quantitative estimate of drug-likeness (QED) is 0.846. The van der Waals surface area contributed by atoms with Crippen LogP contribution in [0.25, 0.3) is 0 Å². The van der Waals surface area contributed by atoms with Crippen molar-refractivity contribution in [1.82, 2.24) is 9.97 Å². The van der Waals surface area contributed by atoms with E-state index >= 15 is 0 Å². The lowest BCUT2D eigenvalue weighted by Gasteiger charge is -2.12. The summed E-state index contributed by atoms with van der Waals surface area (Å²) in [7, 11) is 0. The molecule has 7 nitrogen and oxygen atoms in total. The van der Waals surface area contributed by atoms with E-state index in [1.807, 2.05) is 45.9 Å². The third-order valence-corrected chi connectivity index (χ3v) is 3.30. The highest BCUT2D eigenvalue weighted by molar-refractivity contribution is 6.00. The second-order valence-corrected chi connectivity index (χ2v) is 5.12. The Kier molecular flexibility index (Phi) is 5.95.